The Balaban J connectivity index is 0.000000589. The smallest absolute Gasteiger partial charge is 0.291 e. The lowest BCUT2D eigenvalue weighted by atomic mass is 10.00. The molecular formula is C19H16Cl2N4O5. The van der Waals surface area contributed by atoms with Gasteiger partial charge in [0.1, 0.15) is 30.7 Å². The van der Waals surface area contributed by atoms with Crippen molar-refractivity contribution in [3.05, 3.63) is 92.5 Å². The molecule has 156 valence electrons. The molecule has 1 unspecified atom stereocenters. The predicted octanol–water partition coefficient (Wildman–Crippen LogP) is 4.40. The van der Waals surface area contributed by atoms with Crippen molar-refractivity contribution < 1.29 is 19.9 Å². The molecule has 4 rings (SSSR count). The zero-order valence-electron chi connectivity index (χ0n) is 15.4. The van der Waals surface area contributed by atoms with Gasteiger partial charge in [-0.15, -0.1) is 10.1 Å². The van der Waals surface area contributed by atoms with Crippen molar-refractivity contribution in [2.75, 3.05) is 6.61 Å². The number of halogens is 2. The van der Waals surface area contributed by atoms with Gasteiger partial charge in [-0.05, 0) is 29.8 Å². The molecule has 0 bridgehead atoms. The molecule has 0 fully saturated rings. The van der Waals surface area contributed by atoms with E-state index in [4.69, 9.17) is 48.1 Å². The van der Waals surface area contributed by atoms with Gasteiger partial charge in [-0.2, -0.15) is 0 Å². The van der Waals surface area contributed by atoms with Crippen molar-refractivity contribution in [3.8, 4) is 5.75 Å². The molecule has 0 radical (unpaired) electrons. The number of imidazole rings is 1. The Morgan fingerprint density at radius 3 is 2.77 bits per heavy atom. The molecular weight excluding hydrogens is 435 g/mol. The van der Waals surface area contributed by atoms with E-state index in [0.29, 0.717) is 23.3 Å². The molecule has 1 atom stereocenters. The van der Waals surface area contributed by atoms with Crippen LogP contribution in [0.25, 0.3) is 0 Å². The van der Waals surface area contributed by atoms with Crippen LogP contribution in [-0.2, 0) is 11.4 Å². The summed E-state index contributed by atoms with van der Waals surface area (Å²) >= 11 is 12.0. The van der Waals surface area contributed by atoms with E-state index in [-0.39, 0.29) is 6.04 Å². The summed E-state index contributed by atoms with van der Waals surface area (Å²) in [5.41, 5.74) is 2.60. The Morgan fingerprint density at radius 1 is 1.30 bits per heavy atom. The monoisotopic (exact) mass is 450 g/mol. The lowest BCUT2D eigenvalue weighted by Crippen LogP contribution is -2.30. The Labute approximate surface area is 181 Å². The van der Waals surface area contributed by atoms with Gasteiger partial charge in [0.25, 0.3) is 5.09 Å². The number of nitrogens with zero attached hydrogens (tertiary/aromatic N) is 4. The third kappa shape index (κ3) is 5.40. The Kier molecular flexibility index (Phi) is 7.10. The number of aromatic nitrogens is 2. The van der Waals surface area contributed by atoms with E-state index in [1.807, 2.05) is 41.1 Å². The molecule has 0 spiro atoms. The number of oxime groups is 1. The molecule has 0 aliphatic carbocycles. The van der Waals surface area contributed by atoms with E-state index in [1.54, 1.807) is 24.7 Å². The number of hydrogen-bond acceptors (Lipinski definition) is 6. The Morgan fingerprint density at radius 2 is 2.07 bits per heavy atom. The Bertz CT molecular complexity index is 1040. The lowest BCUT2D eigenvalue weighted by Gasteiger charge is -2.27. The number of para-hydroxylation sites is 1. The van der Waals surface area contributed by atoms with Gasteiger partial charge in [0.15, 0.2) is 0 Å². The molecule has 2 aromatic carbocycles. The van der Waals surface area contributed by atoms with Gasteiger partial charge in [-0.25, -0.2) is 4.98 Å². The average molecular weight is 451 g/mol. The van der Waals surface area contributed by atoms with Crippen LogP contribution >= 0.6 is 23.2 Å². The van der Waals surface area contributed by atoms with Crippen molar-refractivity contribution >= 4 is 28.9 Å². The predicted molar refractivity (Wildman–Crippen MR) is 110 cm³/mol. The van der Waals surface area contributed by atoms with E-state index in [0.717, 1.165) is 22.6 Å². The molecule has 1 aliphatic rings. The van der Waals surface area contributed by atoms with Crippen LogP contribution in [0.4, 0.5) is 0 Å². The van der Waals surface area contributed by atoms with Crippen LogP contribution in [-0.4, -0.2) is 32.2 Å². The second kappa shape index (κ2) is 9.95. The normalized spacial score (nSPS) is 16.1. The summed E-state index contributed by atoms with van der Waals surface area (Å²) in [4.78, 5) is 18.1. The van der Waals surface area contributed by atoms with Gasteiger partial charge in [-0.1, -0.05) is 46.6 Å². The quantitative estimate of drug-likeness (QED) is 0.465. The minimum absolute atomic E-state index is 0.110. The highest BCUT2D eigenvalue weighted by atomic mass is 35.5. The van der Waals surface area contributed by atoms with Crippen molar-refractivity contribution in [2.24, 2.45) is 5.16 Å². The zero-order chi connectivity index (χ0) is 21.5. The number of benzene rings is 2. The number of ether oxygens (including phenoxy) is 1. The van der Waals surface area contributed by atoms with Crippen molar-refractivity contribution in [3.63, 3.8) is 0 Å². The summed E-state index contributed by atoms with van der Waals surface area (Å²) < 4.78 is 7.82. The maximum atomic E-state index is 8.36. The van der Waals surface area contributed by atoms with E-state index < -0.39 is 5.09 Å². The minimum Gasteiger partial charge on any atom is -0.490 e. The van der Waals surface area contributed by atoms with Crippen LogP contribution in [0.1, 0.15) is 17.2 Å². The highest BCUT2D eigenvalue weighted by Crippen LogP contribution is 2.30. The summed E-state index contributed by atoms with van der Waals surface area (Å²) in [5, 5.41) is 19.1. The maximum absolute atomic E-state index is 8.36. The third-order valence-corrected chi connectivity index (χ3v) is 4.88. The van der Waals surface area contributed by atoms with Crippen LogP contribution in [0.3, 0.4) is 0 Å². The molecule has 0 amide bonds. The molecule has 2 heterocycles. The molecule has 0 saturated carbocycles. The first-order chi connectivity index (χ1) is 14.5. The highest BCUT2D eigenvalue weighted by molar-refractivity contribution is 6.42. The van der Waals surface area contributed by atoms with Crippen LogP contribution < -0.4 is 4.74 Å². The summed E-state index contributed by atoms with van der Waals surface area (Å²) in [6, 6.07) is 13.1. The fourth-order valence-corrected chi connectivity index (χ4v) is 3.15. The number of hydrogen-bond donors (Lipinski definition) is 1. The van der Waals surface area contributed by atoms with Crippen LogP contribution in [0, 0.1) is 10.1 Å². The second-order valence-electron chi connectivity index (χ2n) is 6.07. The maximum Gasteiger partial charge on any atom is 0.291 e. The van der Waals surface area contributed by atoms with E-state index >= 15 is 0 Å². The first-order valence-electron chi connectivity index (χ1n) is 8.62. The summed E-state index contributed by atoms with van der Waals surface area (Å²) in [5.74, 6) is 0.792. The van der Waals surface area contributed by atoms with Gasteiger partial charge in [0, 0.05) is 18.0 Å². The van der Waals surface area contributed by atoms with Crippen LogP contribution in [0.15, 0.2) is 66.3 Å². The molecule has 1 N–H and O–H groups in total. The third-order valence-electron chi connectivity index (χ3n) is 4.14. The van der Waals surface area contributed by atoms with E-state index in [1.165, 1.54) is 0 Å². The largest absolute Gasteiger partial charge is 0.490 e. The fraction of sp³-hybridized carbons (Fsp3) is 0.158. The molecule has 0 saturated heterocycles. The van der Waals surface area contributed by atoms with Gasteiger partial charge in [0.2, 0.25) is 0 Å². The number of fused-ring (bicyclic) bond motifs is 1. The van der Waals surface area contributed by atoms with Crippen molar-refractivity contribution in [1.82, 2.24) is 9.55 Å². The topological polar surface area (TPSA) is 112 Å². The molecule has 30 heavy (non-hydrogen) atoms. The first kappa shape index (κ1) is 21.4. The zero-order valence-corrected chi connectivity index (χ0v) is 16.9. The number of rotatable bonds is 4. The van der Waals surface area contributed by atoms with Crippen LogP contribution in [0.2, 0.25) is 10.0 Å². The SMILES string of the molecule is Clc1ccc(CO/N=C2/c3ccccc3OCC2n2ccnc2)cc1Cl.O=[N+]([O-])O. The average Bonchev–Trinajstić information content (AvgIpc) is 3.25. The van der Waals surface area contributed by atoms with Gasteiger partial charge >= 0.3 is 0 Å². The minimum atomic E-state index is -1.50. The molecule has 3 aromatic rings. The summed E-state index contributed by atoms with van der Waals surface area (Å²) in [7, 11) is 0. The highest BCUT2D eigenvalue weighted by Gasteiger charge is 2.28. The van der Waals surface area contributed by atoms with Crippen LogP contribution in [0.5, 0.6) is 5.75 Å². The molecule has 11 heteroatoms. The van der Waals surface area contributed by atoms with Gasteiger partial charge in [-0.3, -0.25) is 0 Å². The van der Waals surface area contributed by atoms with Crippen molar-refractivity contribution in [1.29, 1.82) is 0 Å². The second-order valence-corrected chi connectivity index (χ2v) is 6.88. The summed E-state index contributed by atoms with van der Waals surface area (Å²) in [6.07, 6.45) is 5.36. The lowest BCUT2D eigenvalue weighted by molar-refractivity contribution is -0.742. The Hall–Kier alpha value is -3.30. The molecule has 1 aliphatic heterocycles. The van der Waals surface area contributed by atoms with E-state index in [9.17, 15) is 0 Å². The standard InChI is InChI=1S/C19H15Cl2N3O2.HNO3/c20-15-6-5-13(9-16(15)21)10-26-23-19-14-3-1-2-4-18(14)25-11-17(19)24-8-7-22-12-24;2-1(3)4/h1-9,12,17H,10-11H2;(H,2,3,4)/b23-19-;. The fourth-order valence-electron chi connectivity index (χ4n) is 2.83. The molecule has 9 nitrogen and oxygen atoms in total. The summed E-state index contributed by atoms with van der Waals surface area (Å²) in [6.45, 7) is 0.752. The van der Waals surface area contributed by atoms with E-state index in [2.05, 4.69) is 10.1 Å². The molecule has 1 aromatic heterocycles. The van der Waals surface area contributed by atoms with Gasteiger partial charge < -0.3 is 19.3 Å². The van der Waals surface area contributed by atoms with Gasteiger partial charge in [0.05, 0.1) is 16.4 Å². The van der Waals surface area contributed by atoms with Crippen molar-refractivity contribution in [2.45, 2.75) is 12.6 Å². The first-order valence-corrected chi connectivity index (χ1v) is 9.38.